The molecule has 2 atom stereocenters. The molecule has 0 saturated heterocycles. The molecule has 2 saturated carbocycles. The molecule has 2 aliphatic carbocycles. The zero-order valence-electron chi connectivity index (χ0n) is 18.2. The largest absolute Gasteiger partial charge is 0.338 e. The number of nitrogens with one attached hydrogen (secondary N) is 1. The zero-order chi connectivity index (χ0) is 23.6. The van der Waals surface area contributed by atoms with Crippen molar-refractivity contribution in [3.8, 4) is 6.07 Å². The van der Waals surface area contributed by atoms with Crippen LogP contribution < -0.4 is 5.32 Å². The van der Waals surface area contributed by atoms with Gasteiger partial charge in [-0.25, -0.2) is 17.2 Å². The van der Waals surface area contributed by atoms with Crippen molar-refractivity contribution in [2.75, 3.05) is 0 Å². The average molecular weight is 487 g/mol. The molecule has 0 aliphatic heterocycles. The van der Waals surface area contributed by atoms with Gasteiger partial charge in [0.05, 0.1) is 21.2 Å². The number of sulfone groups is 1. The standard InChI is InChI=1S/C23H29ClF2N2O3S/c1-2-18(6-8-21(29)28-22(15-27)11-12-22)32(30,31)20-7-5-16(13-19(20)24)3-4-17-9-10-23(25,26)14-17/h5,7,13,17-18H,2-4,6,8-12,14H2,1H3,(H,28,29). The lowest BCUT2D eigenvalue weighted by Gasteiger charge is -2.18. The molecule has 1 amide bonds. The molecule has 0 heterocycles. The number of carbonyl (C=O) groups excluding carboxylic acids is 1. The van der Waals surface area contributed by atoms with Crippen molar-refractivity contribution in [1.29, 1.82) is 5.26 Å². The molecule has 1 N–H and O–H groups in total. The van der Waals surface area contributed by atoms with E-state index in [1.165, 1.54) is 6.07 Å². The maximum absolute atomic E-state index is 13.4. The summed E-state index contributed by atoms with van der Waals surface area (Å²) in [6, 6.07) is 6.85. The first-order chi connectivity index (χ1) is 15.0. The number of benzene rings is 1. The van der Waals surface area contributed by atoms with Crippen LogP contribution in [0.3, 0.4) is 0 Å². The highest BCUT2D eigenvalue weighted by Crippen LogP contribution is 2.41. The molecule has 9 heteroatoms. The Hall–Kier alpha value is -1.72. The van der Waals surface area contributed by atoms with E-state index in [2.05, 4.69) is 11.4 Å². The lowest BCUT2D eigenvalue weighted by molar-refractivity contribution is -0.121. The number of nitrogens with zero attached hydrogens (tertiary/aromatic N) is 1. The van der Waals surface area contributed by atoms with Gasteiger partial charge in [-0.05, 0) is 68.6 Å². The maximum atomic E-state index is 13.4. The number of nitriles is 1. The number of hydrogen-bond acceptors (Lipinski definition) is 4. The number of carbonyl (C=O) groups is 1. The lowest BCUT2D eigenvalue weighted by atomic mass is 9.98. The van der Waals surface area contributed by atoms with E-state index in [1.54, 1.807) is 19.1 Å². The first kappa shape index (κ1) is 24.9. The molecule has 0 bridgehead atoms. The lowest BCUT2D eigenvalue weighted by Crippen LogP contribution is -2.36. The van der Waals surface area contributed by atoms with Gasteiger partial charge in [0, 0.05) is 19.3 Å². The molecule has 0 radical (unpaired) electrons. The highest BCUT2D eigenvalue weighted by molar-refractivity contribution is 7.92. The molecule has 5 nitrogen and oxygen atoms in total. The molecule has 0 aromatic heterocycles. The monoisotopic (exact) mass is 486 g/mol. The summed E-state index contributed by atoms with van der Waals surface area (Å²) in [4.78, 5) is 12.2. The predicted molar refractivity (Wildman–Crippen MR) is 118 cm³/mol. The number of amides is 1. The van der Waals surface area contributed by atoms with Gasteiger partial charge < -0.3 is 5.32 Å². The van der Waals surface area contributed by atoms with Crippen LogP contribution in [-0.4, -0.2) is 31.0 Å². The molecule has 0 spiro atoms. The maximum Gasteiger partial charge on any atom is 0.248 e. The summed E-state index contributed by atoms with van der Waals surface area (Å²) in [6.45, 7) is 1.75. The topological polar surface area (TPSA) is 87.0 Å². The Bertz CT molecular complexity index is 1000. The van der Waals surface area contributed by atoms with E-state index in [9.17, 15) is 22.0 Å². The van der Waals surface area contributed by atoms with E-state index in [0.29, 0.717) is 38.5 Å². The normalized spacial score (nSPS) is 22.2. The second-order valence-corrected chi connectivity index (χ2v) is 11.7. The smallest absolute Gasteiger partial charge is 0.248 e. The molecule has 2 unspecified atom stereocenters. The third-order valence-electron chi connectivity index (χ3n) is 6.58. The predicted octanol–water partition coefficient (Wildman–Crippen LogP) is 5.21. The van der Waals surface area contributed by atoms with Gasteiger partial charge in [-0.3, -0.25) is 4.79 Å². The SMILES string of the molecule is CCC(CCC(=O)NC1(C#N)CC1)S(=O)(=O)c1ccc(CCC2CCC(F)(F)C2)cc1Cl. The molecule has 2 fully saturated rings. The summed E-state index contributed by atoms with van der Waals surface area (Å²) in [5.41, 5.74) is 0.0494. The molecule has 3 rings (SSSR count). The van der Waals surface area contributed by atoms with E-state index >= 15 is 0 Å². The molecule has 2 aliphatic rings. The zero-order valence-corrected chi connectivity index (χ0v) is 19.7. The van der Waals surface area contributed by atoms with Gasteiger partial charge in [-0.2, -0.15) is 5.26 Å². The van der Waals surface area contributed by atoms with Crippen molar-refractivity contribution in [3.63, 3.8) is 0 Å². The second-order valence-electron chi connectivity index (χ2n) is 9.12. The van der Waals surface area contributed by atoms with Crippen molar-refractivity contribution in [1.82, 2.24) is 5.32 Å². The van der Waals surface area contributed by atoms with Crippen LogP contribution in [0.1, 0.15) is 70.3 Å². The van der Waals surface area contributed by atoms with Crippen LogP contribution in [0.4, 0.5) is 8.78 Å². The van der Waals surface area contributed by atoms with Crippen molar-refractivity contribution >= 4 is 27.3 Å². The van der Waals surface area contributed by atoms with E-state index < -0.39 is 26.5 Å². The molecule has 176 valence electrons. The summed E-state index contributed by atoms with van der Waals surface area (Å²) in [5.74, 6) is -2.92. The summed E-state index contributed by atoms with van der Waals surface area (Å²) in [7, 11) is -3.75. The highest BCUT2D eigenvalue weighted by atomic mass is 35.5. The Labute approximate surface area is 193 Å². The van der Waals surface area contributed by atoms with Crippen molar-refractivity contribution in [3.05, 3.63) is 28.8 Å². The Morgan fingerprint density at radius 3 is 2.59 bits per heavy atom. The fourth-order valence-corrected chi connectivity index (χ4v) is 6.70. The second kappa shape index (κ2) is 9.64. The average Bonchev–Trinajstić information content (AvgIpc) is 3.41. The van der Waals surface area contributed by atoms with Gasteiger partial charge in [0.25, 0.3) is 0 Å². The number of rotatable bonds is 10. The van der Waals surface area contributed by atoms with Gasteiger partial charge in [0.2, 0.25) is 11.8 Å². The number of hydrogen-bond donors (Lipinski definition) is 1. The third kappa shape index (κ3) is 5.99. The van der Waals surface area contributed by atoms with Crippen LogP contribution in [0.2, 0.25) is 5.02 Å². The number of aryl methyl sites for hydroxylation is 1. The van der Waals surface area contributed by atoms with Crippen LogP contribution in [0.5, 0.6) is 0 Å². The number of halogens is 3. The van der Waals surface area contributed by atoms with E-state index in [0.717, 1.165) is 5.56 Å². The number of alkyl halides is 2. The summed E-state index contributed by atoms with van der Waals surface area (Å²) >= 11 is 6.32. The van der Waals surface area contributed by atoms with E-state index in [-0.39, 0.29) is 47.4 Å². The summed E-state index contributed by atoms with van der Waals surface area (Å²) < 4.78 is 53.0. The Morgan fingerprint density at radius 2 is 2.06 bits per heavy atom. The molecular weight excluding hydrogens is 458 g/mol. The van der Waals surface area contributed by atoms with Gasteiger partial charge in [0.15, 0.2) is 9.84 Å². The van der Waals surface area contributed by atoms with E-state index in [1.807, 2.05) is 0 Å². The molecule has 1 aromatic carbocycles. The fourth-order valence-electron chi connectivity index (χ4n) is 4.36. The van der Waals surface area contributed by atoms with Crippen molar-refractivity contribution in [2.45, 2.75) is 92.7 Å². The molecule has 1 aromatic rings. The van der Waals surface area contributed by atoms with E-state index in [4.69, 9.17) is 16.9 Å². The van der Waals surface area contributed by atoms with Gasteiger partial charge >= 0.3 is 0 Å². The fraction of sp³-hybridized carbons (Fsp3) is 0.652. The minimum absolute atomic E-state index is 0.0168. The van der Waals surface area contributed by atoms with Crippen LogP contribution >= 0.6 is 11.6 Å². The first-order valence-corrected chi connectivity index (χ1v) is 13.0. The quantitative estimate of drug-likeness (QED) is 0.491. The minimum atomic E-state index is -3.75. The minimum Gasteiger partial charge on any atom is -0.338 e. The Balaban J connectivity index is 1.60. The van der Waals surface area contributed by atoms with Crippen molar-refractivity contribution in [2.24, 2.45) is 5.92 Å². The van der Waals surface area contributed by atoms with Gasteiger partial charge in [-0.15, -0.1) is 0 Å². The van der Waals surface area contributed by atoms with Gasteiger partial charge in [-0.1, -0.05) is 24.6 Å². The van der Waals surface area contributed by atoms with Gasteiger partial charge in [0.1, 0.15) is 5.54 Å². The van der Waals surface area contributed by atoms with Crippen LogP contribution in [0.15, 0.2) is 23.1 Å². The third-order valence-corrected chi connectivity index (χ3v) is 9.42. The van der Waals surface area contributed by atoms with Crippen LogP contribution in [0, 0.1) is 17.2 Å². The Morgan fingerprint density at radius 1 is 1.34 bits per heavy atom. The van der Waals surface area contributed by atoms with Crippen LogP contribution in [0.25, 0.3) is 0 Å². The van der Waals surface area contributed by atoms with Crippen LogP contribution in [-0.2, 0) is 21.1 Å². The van der Waals surface area contributed by atoms with Crippen molar-refractivity contribution < 1.29 is 22.0 Å². The molecule has 32 heavy (non-hydrogen) atoms. The Kier molecular flexibility index (Phi) is 7.51. The highest BCUT2D eigenvalue weighted by Gasteiger charge is 2.44. The summed E-state index contributed by atoms with van der Waals surface area (Å²) in [6.07, 6.45) is 3.27. The summed E-state index contributed by atoms with van der Waals surface area (Å²) in [5, 5.41) is 11.1. The molecular formula is C23H29ClF2N2O3S. The first-order valence-electron chi connectivity index (χ1n) is 11.1.